The third-order valence-corrected chi connectivity index (χ3v) is 5.12. The maximum absolute atomic E-state index is 12.6. The van der Waals surface area contributed by atoms with Crippen LogP contribution in [0.3, 0.4) is 0 Å². The van der Waals surface area contributed by atoms with Crippen LogP contribution in [0.25, 0.3) is 0 Å². The van der Waals surface area contributed by atoms with Crippen molar-refractivity contribution in [2.24, 2.45) is 11.8 Å². The van der Waals surface area contributed by atoms with Crippen molar-refractivity contribution in [1.82, 2.24) is 10.2 Å². The Kier molecular flexibility index (Phi) is 4.59. The van der Waals surface area contributed by atoms with Crippen LogP contribution in [0.15, 0.2) is 24.3 Å². The first kappa shape index (κ1) is 14.6. The van der Waals surface area contributed by atoms with Crippen molar-refractivity contribution in [2.45, 2.75) is 39.2 Å². The van der Waals surface area contributed by atoms with E-state index in [2.05, 4.69) is 41.4 Å². The average Bonchev–Trinajstić information content (AvgIpc) is 2.55. The number of piperidine rings is 1. The molecule has 21 heavy (non-hydrogen) atoms. The molecule has 1 amide bonds. The van der Waals surface area contributed by atoms with Gasteiger partial charge in [-0.25, -0.2) is 0 Å². The summed E-state index contributed by atoms with van der Waals surface area (Å²) >= 11 is 0. The maximum atomic E-state index is 12.6. The number of carbonyl (C=O) groups excluding carboxylic acids is 1. The summed E-state index contributed by atoms with van der Waals surface area (Å²) in [4.78, 5) is 14.6. The summed E-state index contributed by atoms with van der Waals surface area (Å²) in [5.41, 5.74) is 2.73. The van der Waals surface area contributed by atoms with Crippen LogP contribution in [-0.4, -0.2) is 30.4 Å². The minimum absolute atomic E-state index is 0.336. The van der Waals surface area contributed by atoms with E-state index in [1.807, 2.05) is 0 Å². The lowest BCUT2D eigenvalue weighted by Crippen LogP contribution is -2.39. The van der Waals surface area contributed by atoms with Gasteiger partial charge in [-0.3, -0.25) is 4.79 Å². The lowest BCUT2D eigenvalue weighted by molar-refractivity contribution is -0.133. The fourth-order valence-corrected chi connectivity index (χ4v) is 3.64. The molecule has 1 aromatic rings. The number of amides is 1. The van der Waals surface area contributed by atoms with Gasteiger partial charge in [0.2, 0.25) is 5.91 Å². The third-order valence-electron chi connectivity index (χ3n) is 5.12. The predicted octanol–water partition coefficient (Wildman–Crippen LogP) is 2.60. The third kappa shape index (κ3) is 3.46. The number of hydrogen-bond acceptors (Lipinski definition) is 2. The SMILES string of the molecule is CC(CC(=O)N1CCc2ccccc2C1)C1CCCNC1. The van der Waals surface area contributed by atoms with Crippen molar-refractivity contribution >= 4 is 5.91 Å². The number of carbonyl (C=O) groups is 1. The molecule has 2 aliphatic heterocycles. The van der Waals surface area contributed by atoms with Gasteiger partial charge in [0.1, 0.15) is 0 Å². The van der Waals surface area contributed by atoms with Crippen molar-refractivity contribution in [3.05, 3.63) is 35.4 Å². The van der Waals surface area contributed by atoms with Crippen LogP contribution in [0, 0.1) is 11.8 Å². The zero-order valence-electron chi connectivity index (χ0n) is 13.0. The van der Waals surface area contributed by atoms with Gasteiger partial charge < -0.3 is 10.2 Å². The van der Waals surface area contributed by atoms with Crippen LogP contribution < -0.4 is 5.32 Å². The second-order valence-corrected chi connectivity index (χ2v) is 6.62. The first-order valence-electron chi connectivity index (χ1n) is 8.29. The van der Waals surface area contributed by atoms with E-state index in [1.165, 1.54) is 24.0 Å². The molecule has 3 heteroatoms. The standard InChI is InChI=1S/C18H26N2O/c1-14(16-7-4-9-19-12-16)11-18(21)20-10-8-15-5-2-3-6-17(15)13-20/h2-3,5-6,14,16,19H,4,7-13H2,1H3. The van der Waals surface area contributed by atoms with Crippen molar-refractivity contribution in [1.29, 1.82) is 0 Å². The van der Waals surface area contributed by atoms with E-state index in [0.717, 1.165) is 32.6 Å². The Hall–Kier alpha value is -1.35. The fraction of sp³-hybridized carbons (Fsp3) is 0.611. The molecule has 1 saturated heterocycles. The minimum Gasteiger partial charge on any atom is -0.338 e. The molecule has 1 N–H and O–H groups in total. The van der Waals surface area contributed by atoms with Crippen LogP contribution in [0.5, 0.6) is 0 Å². The smallest absolute Gasteiger partial charge is 0.223 e. The monoisotopic (exact) mass is 286 g/mol. The molecule has 2 unspecified atom stereocenters. The first-order valence-corrected chi connectivity index (χ1v) is 8.29. The van der Waals surface area contributed by atoms with Gasteiger partial charge in [0.15, 0.2) is 0 Å². The van der Waals surface area contributed by atoms with Gasteiger partial charge in [0, 0.05) is 19.5 Å². The van der Waals surface area contributed by atoms with E-state index in [-0.39, 0.29) is 0 Å². The lowest BCUT2D eigenvalue weighted by Gasteiger charge is -2.32. The summed E-state index contributed by atoms with van der Waals surface area (Å²) in [6, 6.07) is 8.51. The largest absolute Gasteiger partial charge is 0.338 e. The van der Waals surface area contributed by atoms with E-state index in [9.17, 15) is 4.79 Å². The molecule has 0 bridgehead atoms. The van der Waals surface area contributed by atoms with Crippen molar-refractivity contribution in [2.75, 3.05) is 19.6 Å². The average molecular weight is 286 g/mol. The zero-order valence-corrected chi connectivity index (χ0v) is 13.0. The van der Waals surface area contributed by atoms with Crippen LogP contribution in [0.1, 0.15) is 37.3 Å². The number of hydrogen-bond donors (Lipinski definition) is 1. The van der Waals surface area contributed by atoms with E-state index in [0.29, 0.717) is 24.2 Å². The zero-order chi connectivity index (χ0) is 14.7. The molecule has 0 spiro atoms. The Morgan fingerprint density at radius 3 is 2.95 bits per heavy atom. The van der Waals surface area contributed by atoms with Crippen molar-refractivity contribution < 1.29 is 4.79 Å². The molecule has 0 aromatic heterocycles. The predicted molar refractivity (Wildman–Crippen MR) is 84.9 cm³/mol. The molecular formula is C18H26N2O. The highest BCUT2D eigenvalue weighted by Crippen LogP contribution is 2.25. The molecule has 0 radical (unpaired) electrons. The first-order chi connectivity index (χ1) is 10.2. The van der Waals surface area contributed by atoms with Gasteiger partial charge in [-0.2, -0.15) is 0 Å². The van der Waals surface area contributed by atoms with Gasteiger partial charge in [-0.05, 0) is 55.3 Å². The van der Waals surface area contributed by atoms with E-state index in [4.69, 9.17) is 0 Å². The molecule has 114 valence electrons. The molecule has 2 heterocycles. The Morgan fingerprint density at radius 1 is 1.38 bits per heavy atom. The second kappa shape index (κ2) is 6.61. The molecule has 0 saturated carbocycles. The number of nitrogens with zero attached hydrogens (tertiary/aromatic N) is 1. The normalized spacial score (nSPS) is 23.5. The Labute approximate surface area is 127 Å². The fourth-order valence-electron chi connectivity index (χ4n) is 3.64. The van der Waals surface area contributed by atoms with Crippen molar-refractivity contribution in [3.63, 3.8) is 0 Å². The molecule has 3 nitrogen and oxygen atoms in total. The van der Waals surface area contributed by atoms with Crippen LogP contribution in [0.4, 0.5) is 0 Å². The molecular weight excluding hydrogens is 260 g/mol. The maximum Gasteiger partial charge on any atom is 0.223 e. The van der Waals surface area contributed by atoms with Crippen LogP contribution >= 0.6 is 0 Å². The topological polar surface area (TPSA) is 32.3 Å². The van der Waals surface area contributed by atoms with Gasteiger partial charge in [0.05, 0.1) is 0 Å². The molecule has 1 fully saturated rings. The summed E-state index contributed by atoms with van der Waals surface area (Å²) in [6.45, 7) is 6.14. The molecule has 3 rings (SSSR count). The van der Waals surface area contributed by atoms with Gasteiger partial charge in [0.25, 0.3) is 0 Å². The van der Waals surface area contributed by atoms with E-state index < -0.39 is 0 Å². The summed E-state index contributed by atoms with van der Waals surface area (Å²) in [5.74, 6) is 1.49. The quantitative estimate of drug-likeness (QED) is 0.926. The molecule has 2 aliphatic rings. The molecule has 0 aliphatic carbocycles. The van der Waals surface area contributed by atoms with E-state index >= 15 is 0 Å². The molecule has 1 aromatic carbocycles. The highest BCUT2D eigenvalue weighted by Gasteiger charge is 2.26. The van der Waals surface area contributed by atoms with Crippen LogP contribution in [-0.2, 0) is 17.8 Å². The lowest BCUT2D eigenvalue weighted by atomic mass is 9.85. The minimum atomic E-state index is 0.336. The highest BCUT2D eigenvalue weighted by molar-refractivity contribution is 5.76. The number of fused-ring (bicyclic) bond motifs is 1. The Balaban J connectivity index is 1.56. The summed E-state index contributed by atoms with van der Waals surface area (Å²) in [7, 11) is 0. The number of benzene rings is 1. The Bertz CT molecular complexity index is 494. The number of nitrogens with one attached hydrogen (secondary N) is 1. The second-order valence-electron chi connectivity index (χ2n) is 6.62. The summed E-state index contributed by atoms with van der Waals surface area (Å²) < 4.78 is 0. The Morgan fingerprint density at radius 2 is 2.19 bits per heavy atom. The van der Waals surface area contributed by atoms with Gasteiger partial charge >= 0.3 is 0 Å². The van der Waals surface area contributed by atoms with E-state index in [1.54, 1.807) is 0 Å². The van der Waals surface area contributed by atoms with Crippen molar-refractivity contribution in [3.8, 4) is 0 Å². The molecule has 2 atom stereocenters. The van der Waals surface area contributed by atoms with Gasteiger partial charge in [-0.1, -0.05) is 31.2 Å². The summed E-state index contributed by atoms with van der Waals surface area (Å²) in [6.07, 6.45) is 4.22. The number of rotatable bonds is 3. The summed E-state index contributed by atoms with van der Waals surface area (Å²) in [5, 5.41) is 3.46. The van der Waals surface area contributed by atoms with Gasteiger partial charge in [-0.15, -0.1) is 0 Å². The van der Waals surface area contributed by atoms with Crippen LogP contribution in [0.2, 0.25) is 0 Å². The highest BCUT2D eigenvalue weighted by atomic mass is 16.2.